The molecule has 1 aromatic carbocycles. The molecular formula is C17H25N3O2. The third-order valence-electron chi connectivity index (χ3n) is 4.68. The summed E-state index contributed by atoms with van der Waals surface area (Å²) in [6, 6.07) is 7.90. The predicted molar refractivity (Wildman–Crippen MR) is 85.5 cm³/mol. The molecule has 1 fully saturated rings. The lowest BCUT2D eigenvalue weighted by Crippen LogP contribution is -2.44. The lowest BCUT2D eigenvalue weighted by molar-refractivity contribution is -0.123. The summed E-state index contributed by atoms with van der Waals surface area (Å²) in [6.07, 6.45) is 2.06. The molecule has 0 radical (unpaired) electrons. The second kappa shape index (κ2) is 7.22. The van der Waals surface area contributed by atoms with Crippen LogP contribution < -0.4 is 5.73 Å². The highest BCUT2D eigenvalue weighted by Gasteiger charge is 2.30. The Hall–Kier alpha value is -1.43. The first-order chi connectivity index (χ1) is 10.8. The monoisotopic (exact) mass is 303 g/mol. The molecule has 1 saturated heterocycles. The van der Waals surface area contributed by atoms with Crippen LogP contribution in [-0.4, -0.2) is 61.6 Å². The van der Waals surface area contributed by atoms with E-state index in [1.807, 2.05) is 18.2 Å². The number of primary amides is 1. The summed E-state index contributed by atoms with van der Waals surface area (Å²) < 4.78 is 5.37. The highest BCUT2D eigenvalue weighted by molar-refractivity contribution is 5.82. The minimum absolute atomic E-state index is 0.237. The summed E-state index contributed by atoms with van der Waals surface area (Å²) in [5.74, 6) is -0.237. The third-order valence-corrected chi connectivity index (χ3v) is 4.68. The molecular weight excluding hydrogens is 278 g/mol. The van der Waals surface area contributed by atoms with Crippen LogP contribution in [0.15, 0.2) is 24.3 Å². The molecule has 1 atom stereocenters. The number of nitrogens with zero attached hydrogens (tertiary/aromatic N) is 2. The van der Waals surface area contributed by atoms with Gasteiger partial charge >= 0.3 is 0 Å². The van der Waals surface area contributed by atoms with E-state index in [-0.39, 0.29) is 11.9 Å². The zero-order valence-corrected chi connectivity index (χ0v) is 13.0. The van der Waals surface area contributed by atoms with E-state index in [9.17, 15) is 4.79 Å². The number of amides is 1. The molecule has 0 saturated carbocycles. The summed E-state index contributed by atoms with van der Waals surface area (Å²) in [5.41, 5.74) is 8.03. The Kier molecular flexibility index (Phi) is 5.08. The van der Waals surface area contributed by atoms with Gasteiger partial charge in [-0.2, -0.15) is 0 Å². The first-order valence-corrected chi connectivity index (χ1v) is 8.17. The highest BCUT2D eigenvalue weighted by atomic mass is 16.5. The van der Waals surface area contributed by atoms with E-state index in [1.54, 1.807) is 0 Å². The van der Waals surface area contributed by atoms with Crippen molar-refractivity contribution in [3.8, 4) is 0 Å². The SMILES string of the molecule is NC(=O)C1c2ccccc2CCN1CCCN1CCOCC1. The van der Waals surface area contributed by atoms with Gasteiger partial charge in [0.05, 0.1) is 13.2 Å². The Morgan fingerprint density at radius 3 is 2.73 bits per heavy atom. The van der Waals surface area contributed by atoms with Gasteiger partial charge in [0.15, 0.2) is 0 Å². The lowest BCUT2D eigenvalue weighted by Gasteiger charge is -2.36. The van der Waals surface area contributed by atoms with Crippen LogP contribution in [0.4, 0.5) is 0 Å². The normalized spacial score (nSPS) is 23.2. The number of carbonyl (C=O) groups is 1. The van der Waals surface area contributed by atoms with Gasteiger partial charge < -0.3 is 10.5 Å². The van der Waals surface area contributed by atoms with E-state index >= 15 is 0 Å². The minimum Gasteiger partial charge on any atom is -0.379 e. The molecule has 120 valence electrons. The van der Waals surface area contributed by atoms with E-state index in [1.165, 1.54) is 5.56 Å². The quantitative estimate of drug-likeness (QED) is 0.874. The van der Waals surface area contributed by atoms with Crippen molar-refractivity contribution in [2.75, 3.05) is 45.9 Å². The zero-order valence-electron chi connectivity index (χ0n) is 13.0. The molecule has 1 aromatic rings. The second-order valence-corrected chi connectivity index (χ2v) is 6.10. The first kappa shape index (κ1) is 15.5. The molecule has 0 spiro atoms. The van der Waals surface area contributed by atoms with Crippen LogP contribution in [0.5, 0.6) is 0 Å². The van der Waals surface area contributed by atoms with E-state index in [0.29, 0.717) is 0 Å². The molecule has 1 amide bonds. The average Bonchev–Trinajstić information content (AvgIpc) is 2.55. The number of carbonyl (C=O) groups excluding carboxylic acids is 1. The Morgan fingerprint density at radius 1 is 1.18 bits per heavy atom. The summed E-state index contributed by atoms with van der Waals surface area (Å²) in [6.45, 7) is 6.59. The van der Waals surface area contributed by atoms with Gasteiger partial charge in [0, 0.05) is 26.2 Å². The highest BCUT2D eigenvalue weighted by Crippen LogP contribution is 2.29. The molecule has 5 nitrogen and oxygen atoms in total. The largest absolute Gasteiger partial charge is 0.379 e. The number of hydrogen-bond donors (Lipinski definition) is 1. The molecule has 0 aliphatic carbocycles. The molecule has 2 aliphatic heterocycles. The summed E-state index contributed by atoms with van der Waals surface area (Å²) in [7, 11) is 0. The Bertz CT molecular complexity index is 514. The fourth-order valence-electron chi connectivity index (χ4n) is 3.51. The van der Waals surface area contributed by atoms with Crippen LogP contribution in [0.2, 0.25) is 0 Å². The van der Waals surface area contributed by atoms with Crippen LogP contribution in [0.25, 0.3) is 0 Å². The Labute approximate surface area is 132 Å². The summed E-state index contributed by atoms with van der Waals surface area (Å²) in [5, 5.41) is 0. The number of hydrogen-bond acceptors (Lipinski definition) is 4. The van der Waals surface area contributed by atoms with Crippen LogP contribution in [0.1, 0.15) is 23.6 Å². The maximum atomic E-state index is 11.9. The van der Waals surface area contributed by atoms with Crippen molar-refractivity contribution in [2.24, 2.45) is 5.73 Å². The predicted octanol–water partition coefficient (Wildman–Crippen LogP) is 0.793. The van der Waals surface area contributed by atoms with Crippen molar-refractivity contribution >= 4 is 5.91 Å². The molecule has 2 heterocycles. The smallest absolute Gasteiger partial charge is 0.239 e. The van der Waals surface area contributed by atoms with Crippen molar-refractivity contribution in [3.63, 3.8) is 0 Å². The van der Waals surface area contributed by atoms with Gasteiger partial charge in [-0.15, -0.1) is 0 Å². The lowest BCUT2D eigenvalue weighted by atomic mass is 9.92. The number of nitrogens with two attached hydrogens (primary N) is 1. The molecule has 0 bridgehead atoms. The number of rotatable bonds is 5. The second-order valence-electron chi connectivity index (χ2n) is 6.10. The Balaban J connectivity index is 1.59. The van der Waals surface area contributed by atoms with E-state index in [2.05, 4.69) is 15.9 Å². The topological polar surface area (TPSA) is 58.8 Å². The van der Waals surface area contributed by atoms with Gasteiger partial charge in [0.2, 0.25) is 5.91 Å². The van der Waals surface area contributed by atoms with E-state index in [0.717, 1.165) is 64.3 Å². The van der Waals surface area contributed by atoms with E-state index in [4.69, 9.17) is 10.5 Å². The van der Waals surface area contributed by atoms with Crippen molar-refractivity contribution in [1.82, 2.24) is 9.80 Å². The van der Waals surface area contributed by atoms with Crippen molar-refractivity contribution < 1.29 is 9.53 Å². The van der Waals surface area contributed by atoms with Gasteiger partial charge in [-0.1, -0.05) is 24.3 Å². The number of morpholine rings is 1. The fraction of sp³-hybridized carbons (Fsp3) is 0.588. The maximum absolute atomic E-state index is 11.9. The molecule has 0 aromatic heterocycles. The van der Waals surface area contributed by atoms with Crippen LogP contribution in [-0.2, 0) is 16.0 Å². The summed E-state index contributed by atoms with van der Waals surface area (Å²) >= 11 is 0. The zero-order chi connectivity index (χ0) is 15.4. The molecule has 3 rings (SSSR count). The standard InChI is InChI=1S/C17H25N3O2/c18-17(21)16-15-5-2-1-4-14(15)6-9-20(16)8-3-7-19-10-12-22-13-11-19/h1-2,4-5,16H,3,6-13H2,(H2,18,21). The maximum Gasteiger partial charge on any atom is 0.239 e. The molecule has 22 heavy (non-hydrogen) atoms. The van der Waals surface area contributed by atoms with Crippen LogP contribution >= 0.6 is 0 Å². The van der Waals surface area contributed by atoms with Gasteiger partial charge in [-0.3, -0.25) is 14.6 Å². The molecule has 2 N–H and O–H groups in total. The van der Waals surface area contributed by atoms with Gasteiger partial charge in [0.25, 0.3) is 0 Å². The van der Waals surface area contributed by atoms with Crippen molar-refractivity contribution in [3.05, 3.63) is 35.4 Å². The van der Waals surface area contributed by atoms with Crippen LogP contribution in [0, 0.1) is 0 Å². The van der Waals surface area contributed by atoms with E-state index < -0.39 is 0 Å². The summed E-state index contributed by atoms with van der Waals surface area (Å²) in [4.78, 5) is 16.6. The first-order valence-electron chi connectivity index (χ1n) is 8.17. The third kappa shape index (κ3) is 3.48. The van der Waals surface area contributed by atoms with Gasteiger partial charge in [-0.05, 0) is 30.5 Å². The van der Waals surface area contributed by atoms with Crippen LogP contribution in [0.3, 0.4) is 0 Å². The molecule has 2 aliphatic rings. The number of ether oxygens (including phenoxy) is 1. The average molecular weight is 303 g/mol. The molecule has 5 heteroatoms. The number of benzene rings is 1. The van der Waals surface area contributed by atoms with Crippen molar-refractivity contribution in [2.45, 2.75) is 18.9 Å². The number of fused-ring (bicyclic) bond motifs is 1. The Morgan fingerprint density at radius 2 is 1.95 bits per heavy atom. The fourth-order valence-corrected chi connectivity index (χ4v) is 3.51. The minimum atomic E-state index is -0.269. The van der Waals surface area contributed by atoms with Gasteiger partial charge in [0.1, 0.15) is 6.04 Å². The van der Waals surface area contributed by atoms with Gasteiger partial charge in [-0.25, -0.2) is 0 Å². The molecule has 1 unspecified atom stereocenters. The van der Waals surface area contributed by atoms with Crippen molar-refractivity contribution in [1.29, 1.82) is 0 Å².